The largest absolute Gasteiger partial charge is 0.322 e. The summed E-state index contributed by atoms with van der Waals surface area (Å²) in [6, 6.07) is 5.26. The molecule has 0 spiro atoms. The second kappa shape index (κ2) is 9.33. The van der Waals surface area contributed by atoms with E-state index < -0.39 is 45.1 Å². The molecule has 3 rings (SSSR count). The summed E-state index contributed by atoms with van der Waals surface area (Å²) in [6.07, 6.45) is 0. The summed E-state index contributed by atoms with van der Waals surface area (Å²) >= 11 is 12.1. The molecule has 168 valence electrons. The van der Waals surface area contributed by atoms with Crippen LogP contribution in [0.1, 0.15) is 6.92 Å². The van der Waals surface area contributed by atoms with Crippen LogP contribution >= 0.6 is 23.2 Å². The predicted molar refractivity (Wildman–Crippen MR) is 111 cm³/mol. The van der Waals surface area contributed by atoms with Gasteiger partial charge >= 0.3 is 0 Å². The lowest BCUT2D eigenvalue weighted by Gasteiger charge is -2.36. The van der Waals surface area contributed by atoms with Gasteiger partial charge < -0.3 is 5.32 Å². The number of piperazine rings is 1. The molecule has 1 fully saturated rings. The fourth-order valence-electron chi connectivity index (χ4n) is 3.21. The van der Waals surface area contributed by atoms with Crippen LogP contribution in [0.25, 0.3) is 0 Å². The van der Waals surface area contributed by atoms with E-state index in [1.54, 1.807) is 11.8 Å². The van der Waals surface area contributed by atoms with E-state index in [2.05, 4.69) is 5.32 Å². The topological polar surface area (TPSA) is 69.7 Å². The Balaban J connectivity index is 1.66. The van der Waals surface area contributed by atoms with Crippen molar-refractivity contribution in [3.8, 4) is 0 Å². The Morgan fingerprint density at radius 2 is 1.58 bits per heavy atom. The number of hydrogen-bond donors (Lipinski definition) is 1. The third kappa shape index (κ3) is 4.83. The Kier molecular flexibility index (Phi) is 7.17. The lowest BCUT2D eigenvalue weighted by molar-refractivity contribution is -0.121. The van der Waals surface area contributed by atoms with Crippen molar-refractivity contribution in [3.05, 3.63) is 57.8 Å². The first-order valence-corrected chi connectivity index (χ1v) is 11.4. The van der Waals surface area contributed by atoms with E-state index in [-0.39, 0.29) is 41.1 Å². The van der Waals surface area contributed by atoms with Crippen molar-refractivity contribution < 1.29 is 26.4 Å². The van der Waals surface area contributed by atoms with Gasteiger partial charge in [0, 0.05) is 26.2 Å². The molecule has 1 unspecified atom stereocenters. The van der Waals surface area contributed by atoms with Gasteiger partial charge in [-0.1, -0.05) is 29.3 Å². The minimum Gasteiger partial charge on any atom is -0.322 e. The lowest BCUT2D eigenvalue weighted by atomic mass is 10.2. The number of sulfonamides is 1. The van der Waals surface area contributed by atoms with Crippen molar-refractivity contribution in [2.75, 3.05) is 31.5 Å². The zero-order valence-corrected chi connectivity index (χ0v) is 18.5. The van der Waals surface area contributed by atoms with E-state index in [0.717, 1.165) is 6.07 Å². The van der Waals surface area contributed by atoms with Gasteiger partial charge in [-0.05, 0) is 31.2 Å². The molecule has 12 heteroatoms. The second-order valence-electron chi connectivity index (χ2n) is 6.88. The van der Waals surface area contributed by atoms with Gasteiger partial charge in [0.1, 0.15) is 4.90 Å². The third-order valence-corrected chi connectivity index (χ3v) is 7.87. The van der Waals surface area contributed by atoms with Gasteiger partial charge in [0.2, 0.25) is 15.9 Å². The normalized spacial score (nSPS) is 16.8. The number of amides is 1. The van der Waals surface area contributed by atoms with Crippen LogP contribution in [0.3, 0.4) is 0 Å². The Morgan fingerprint density at radius 1 is 1.00 bits per heavy atom. The molecule has 0 bridgehead atoms. The number of rotatable bonds is 5. The van der Waals surface area contributed by atoms with Gasteiger partial charge in [-0.15, -0.1) is 0 Å². The van der Waals surface area contributed by atoms with Crippen LogP contribution in [-0.2, 0) is 14.8 Å². The fraction of sp³-hybridized carbons (Fsp3) is 0.316. The molecule has 0 saturated carbocycles. The SMILES string of the molecule is CC(C(=O)Nc1ccc(F)c(F)c1F)N1CCN(S(=O)(=O)c2c(Cl)cccc2Cl)CC1. The summed E-state index contributed by atoms with van der Waals surface area (Å²) in [6.45, 7) is 2.09. The number of nitrogens with zero attached hydrogens (tertiary/aromatic N) is 2. The lowest BCUT2D eigenvalue weighted by Crippen LogP contribution is -2.54. The van der Waals surface area contributed by atoms with Crippen molar-refractivity contribution in [1.82, 2.24) is 9.21 Å². The number of hydrogen-bond acceptors (Lipinski definition) is 4. The first-order valence-electron chi connectivity index (χ1n) is 9.16. The van der Waals surface area contributed by atoms with E-state index in [1.807, 2.05) is 0 Å². The molecule has 2 aromatic carbocycles. The van der Waals surface area contributed by atoms with E-state index in [0.29, 0.717) is 6.07 Å². The molecule has 0 radical (unpaired) electrons. The average Bonchev–Trinajstić information content (AvgIpc) is 2.73. The van der Waals surface area contributed by atoms with E-state index in [9.17, 15) is 26.4 Å². The number of benzene rings is 2. The van der Waals surface area contributed by atoms with Gasteiger partial charge in [-0.2, -0.15) is 4.31 Å². The van der Waals surface area contributed by atoms with Crippen LogP contribution in [0.4, 0.5) is 18.9 Å². The highest BCUT2D eigenvalue weighted by Gasteiger charge is 2.34. The maximum absolute atomic E-state index is 13.8. The Bertz CT molecular complexity index is 1090. The average molecular weight is 496 g/mol. The van der Waals surface area contributed by atoms with Crippen molar-refractivity contribution >= 4 is 44.8 Å². The number of carbonyl (C=O) groups is 1. The molecule has 1 atom stereocenters. The molecule has 1 saturated heterocycles. The Morgan fingerprint density at radius 3 is 2.16 bits per heavy atom. The van der Waals surface area contributed by atoms with Gasteiger partial charge in [0.25, 0.3) is 0 Å². The highest BCUT2D eigenvalue weighted by atomic mass is 35.5. The van der Waals surface area contributed by atoms with Crippen LogP contribution in [0.15, 0.2) is 35.2 Å². The standard InChI is InChI=1S/C19H18Cl2F3N3O3S/c1-11(19(28)25-15-6-5-14(22)16(23)17(15)24)26-7-9-27(10-8-26)31(29,30)18-12(20)3-2-4-13(18)21/h2-6,11H,7-10H2,1H3,(H,25,28). The molecule has 0 aromatic heterocycles. The Hall–Kier alpha value is -1.85. The molecule has 1 amide bonds. The van der Waals surface area contributed by atoms with E-state index in [1.165, 1.54) is 22.5 Å². The van der Waals surface area contributed by atoms with Crippen molar-refractivity contribution in [3.63, 3.8) is 0 Å². The summed E-state index contributed by atoms with van der Waals surface area (Å²) in [7, 11) is -3.94. The number of anilines is 1. The van der Waals surface area contributed by atoms with E-state index >= 15 is 0 Å². The molecule has 1 aliphatic heterocycles. The van der Waals surface area contributed by atoms with Gasteiger partial charge in [-0.25, -0.2) is 21.6 Å². The maximum Gasteiger partial charge on any atom is 0.246 e. The van der Waals surface area contributed by atoms with Crippen LogP contribution in [-0.4, -0.2) is 55.8 Å². The monoisotopic (exact) mass is 495 g/mol. The highest BCUT2D eigenvalue weighted by molar-refractivity contribution is 7.89. The molecule has 6 nitrogen and oxygen atoms in total. The molecule has 2 aromatic rings. The van der Waals surface area contributed by atoms with Crippen molar-refractivity contribution in [1.29, 1.82) is 0 Å². The minimum atomic E-state index is -3.94. The van der Waals surface area contributed by atoms with Crippen LogP contribution in [0.5, 0.6) is 0 Å². The molecule has 0 aliphatic carbocycles. The summed E-state index contributed by atoms with van der Waals surface area (Å²) < 4.78 is 67.3. The summed E-state index contributed by atoms with van der Waals surface area (Å²) in [5, 5.41) is 2.25. The van der Waals surface area contributed by atoms with E-state index in [4.69, 9.17) is 23.2 Å². The molecule has 31 heavy (non-hydrogen) atoms. The van der Waals surface area contributed by atoms with Gasteiger partial charge in [0.15, 0.2) is 17.5 Å². The summed E-state index contributed by atoms with van der Waals surface area (Å²) in [5.74, 6) is -5.18. The molecule has 1 heterocycles. The van der Waals surface area contributed by atoms with Gasteiger partial charge in [-0.3, -0.25) is 9.69 Å². The number of nitrogens with one attached hydrogen (secondary N) is 1. The zero-order valence-electron chi connectivity index (χ0n) is 16.2. The second-order valence-corrected chi connectivity index (χ2v) is 9.57. The van der Waals surface area contributed by atoms with Crippen LogP contribution in [0, 0.1) is 17.5 Å². The fourth-order valence-corrected chi connectivity index (χ4v) is 5.73. The highest BCUT2D eigenvalue weighted by Crippen LogP contribution is 2.32. The summed E-state index contributed by atoms with van der Waals surface area (Å²) in [4.78, 5) is 14.0. The number of carbonyl (C=O) groups excluding carboxylic acids is 1. The molecule has 1 N–H and O–H groups in total. The first-order chi connectivity index (χ1) is 14.5. The zero-order chi connectivity index (χ0) is 22.9. The van der Waals surface area contributed by atoms with Crippen molar-refractivity contribution in [2.24, 2.45) is 0 Å². The quantitative estimate of drug-likeness (QED) is 0.641. The minimum absolute atomic E-state index is 0.0104. The Labute approximate surface area is 187 Å². The third-order valence-electron chi connectivity index (χ3n) is 5.01. The predicted octanol–water partition coefficient (Wildman–Crippen LogP) is 3.74. The summed E-state index contributed by atoms with van der Waals surface area (Å²) in [5.41, 5.74) is -0.481. The van der Waals surface area contributed by atoms with Crippen LogP contribution in [0.2, 0.25) is 10.0 Å². The number of halogens is 5. The smallest absolute Gasteiger partial charge is 0.246 e. The molecular weight excluding hydrogens is 478 g/mol. The van der Waals surface area contributed by atoms with Gasteiger partial charge in [0.05, 0.1) is 21.8 Å². The first kappa shape index (κ1) is 23.8. The van der Waals surface area contributed by atoms with Crippen molar-refractivity contribution in [2.45, 2.75) is 17.9 Å². The molecule has 1 aliphatic rings. The molecular formula is C19H18Cl2F3N3O3S. The maximum atomic E-state index is 13.8. The van der Waals surface area contributed by atoms with Crippen LogP contribution < -0.4 is 5.32 Å².